The molecule has 3 rings (SSSR count). The Morgan fingerprint density at radius 2 is 2.28 bits per heavy atom. The highest BCUT2D eigenvalue weighted by molar-refractivity contribution is 7.07. The van der Waals surface area contributed by atoms with Gasteiger partial charge in [-0.05, 0) is 55.5 Å². The molecule has 4 N–H and O–H groups in total. The molecule has 0 saturated heterocycles. The number of aliphatic imine (C=N–C) groups is 1. The Balaban J connectivity index is 1.89. The summed E-state index contributed by atoms with van der Waals surface area (Å²) in [5.41, 5.74) is 6.27. The molecule has 1 aromatic carbocycles. The Morgan fingerprint density at radius 3 is 3.03 bits per heavy atom. The van der Waals surface area contributed by atoms with Gasteiger partial charge in [0.05, 0.1) is 34.3 Å². The summed E-state index contributed by atoms with van der Waals surface area (Å²) in [4.78, 5) is 31.5. The fourth-order valence-corrected chi connectivity index (χ4v) is 3.92. The molecule has 0 spiro atoms. The van der Waals surface area contributed by atoms with Crippen molar-refractivity contribution in [3.8, 4) is 5.75 Å². The lowest BCUT2D eigenvalue weighted by atomic mass is 9.93. The maximum absolute atomic E-state index is 12.6. The number of H-pyrrole nitrogens is 1. The number of ketones is 1. The molecule has 1 aliphatic rings. The smallest absolute Gasteiger partial charge is 0.266 e. The first-order valence-electron chi connectivity index (χ1n) is 9.49. The van der Waals surface area contributed by atoms with Crippen LogP contribution in [0.3, 0.4) is 0 Å². The minimum Gasteiger partial charge on any atom is -0.493 e. The molecule has 29 heavy (non-hydrogen) atoms. The normalized spacial score (nSPS) is 18.1. The molecule has 7 nitrogen and oxygen atoms in total. The first-order valence-corrected chi connectivity index (χ1v) is 10.3. The number of fused-ring (bicyclic) bond motifs is 1. The van der Waals surface area contributed by atoms with Crippen molar-refractivity contribution in [2.24, 2.45) is 10.7 Å². The van der Waals surface area contributed by atoms with Crippen LogP contribution in [0.1, 0.15) is 44.2 Å². The molecule has 1 aromatic heterocycles. The second-order valence-electron chi connectivity index (χ2n) is 7.56. The molecule has 2 aromatic rings. The molecule has 0 amide bonds. The molecule has 0 fully saturated rings. The number of Topliss-reactive ketones (excluding diaryl/α,β-unsaturated/α-hetero) is 1. The van der Waals surface area contributed by atoms with Gasteiger partial charge in [0.25, 0.3) is 5.56 Å². The Kier molecular flexibility index (Phi) is 6.34. The predicted octanol–water partition coefficient (Wildman–Crippen LogP) is 0.814. The van der Waals surface area contributed by atoms with Crippen molar-refractivity contribution in [3.63, 3.8) is 0 Å². The lowest BCUT2D eigenvalue weighted by molar-refractivity contribution is -0.118. The van der Waals surface area contributed by atoms with E-state index >= 15 is 0 Å². The molecule has 0 bridgehead atoms. The summed E-state index contributed by atoms with van der Waals surface area (Å²) in [6.45, 7) is 6.67. The molecule has 0 saturated carbocycles. The summed E-state index contributed by atoms with van der Waals surface area (Å²) < 4.78 is 6.75. The van der Waals surface area contributed by atoms with E-state index in [2.05, 4.69) is 28.3 Å². The van der Waals surface area contributed by atoms with Crippen molar-refractivity contribution in [1.82, 2.24) is 10.3 Å². The third-order valence-electron chi connectivity index (χ3n) is 4.95. The quantitative estimate of drug-likeness (QED) is 0.479. The van der Waals surface area contributed by atoms with Gasteiger partial charge in [0.1, 0.15) is 5.75 Å². The molecule has 2 heterocycles. The monoisotopic (exact) mass is 414 g/mol. The number of benzene rings is 1. The van der Waals surface area contributed by atoms with Crippen LogP contribution in [0.4, 0.5) is 0 Å². The van der Waals surface area contributed by atoms with Gasteiger partial charge < -0.3 is 15.5 Å². The van der Waals surface area contributed by atoms with E-state index in [0.29, 0.717) is 15.1 Å². The van der Waals surface area contributed by atoms with Gasteiger partial charge in [0, 0.05) is 6.08 Å². The van der Waals surface area contributed by atoms with Crippen LogP contribution < -0.4 is 30.5 Å². The van der Waals surface area contributed by atoms with E-state index in [1.54, 1.807) is 13.8 Å². The van der Waals surface area contributed by atoms with Crippen LogP contribution >= 0.6 is 11.3 Å². The van der Waals surface area contributed by atoms with Gasteiger partial charge in [-0.15, -0.1) is 11.3 Å². The zero-order chi connectivity index (χ0) is 21.0. The summed E-state index contributed by atoms with van der Waals surface area (Å²) in [6, 6.07) is 5.96. The maximum Gasteiger partial charge on any atom is 0.266 e. The number of aromatic nitrogens is 1. The van der Waals surface area contributed by atoms with Gasteiger partial charge >= 0.3 is 0 Å². The molecule has 0 radical (unpaired) electrons. The Hall–Kier alpha value is -2.71. The average molecular weight is 415 g/mol. The highest BCUT2D eigenvalue weighted by atomic mass is 32.1. The van der Waals surface area contributed by atoms with Gasteiger partial charge in [-0.1, -0.05) is 13.0 Å². The van der Waals surface area contributed by atoms with Gasteiger partial charge in [-0.2, -0.15) is 0 Å². The van der Waals surface area contributed by atoms with Crippen LogP contribution in [-0.2, 0) is 4.79 Å². The number of aromatic amines is 1. The first kappa shape index (κ1) is 21.0. The topological polar surface area (TPSA) is 110 Å². The average Bonchev–Trinajstić information content (AvgIpc) is 3.01. The van der Waals surface area contributed by atoms with Crippen molar-refractivity contribution >= 4 is 35.6 Å². The van der Waals surface area contributed by atoms with E-state index in [-0.39, 0.29) is 18.0 Å². The number of nitrogens with zero attached hydrogens (tertiary/aromatic N) is 1. The van der Waals surface area contributed by atoms with Crippen molar-refractivity contribution in [3.05, 3.63) is 48.9 Å². The second-order valence-corrected chi connectivity index (χ2v) is 8.65. The fraction of sp³-hybridized carbons (Fsp3) is 0.381. The lowest BCUT2D eigenvalue weighted by Crippen LogP contribution is -2.46. The minimum absolute atomic E-state index is 0.159. The zero-order valence-electron chi connectivity index (χ0n) is 16.8. The highest BCUT2D eigenvalue weighted by Gasteiger charge is 2.24. The molecule has 0 aliphatic carbocycles. The zero-order valence-corrected chi connectivity index (χ0v) is 17.6. The molecule has 1 atom stereocenters. The molecule has 8 heteroatoms. The molecule has 154 valence electrons. The lowest BCUT2D eigenvalue weighted by Gasteiger charge is -2.23. The molecular formula is C21H26N4O3S. The summed E-state index contributed by atoms with van der Waals surface area (Å²) in [5.74, 6) is 1.18. The van der Waals surface area contributed by atoms with Crippen LogP contribution in [-0.4, -0.2) is 35.9 Å². The van der Waals surface area contributed by atoms with Gasteiger partial charge in [-0.25, -0.2) is 0 Å². The third-order valence-corrected chi connectivity index (χ3v) is 5.91. The summed E-state index contributed by atoms with van der Waals surface area (Å²) in [6.07, 6.45) is 5.46. The van der Waals surface area contributed by atoms with Crippen molar-refractivity contribution in [2.45, 2.75) is 38.6 Å². The highest BCUT2D eigenvalue weighted by Crippen LogP contribution is 2.33. The number of rotatable bonds is 6. The van der Waals surface area contributed by atoms with Gasteiger partial charge in [0.15, 0.2) is 5.78 Å². The van der Waals surface area contributed by atoms with Crippen LogP contribution in [0.15, 0.2) is 28.0 Å². The minimum atomic E-state index is -0.827. The van der Waals surface area contributed by atoms with E-state index in [1.165, 1.54) is 23.8 Å². The van der Waals surface area contributed by atoms with Crippen LogP contribution in [0.5, 0.6) is 5.75 Å². The number of nitrogens with two attached hydrogens (primary N) is 1. The van der Waals surface area contributed by atoms with Crippen molar-refractivity contribution in [1.29, 1.82) is 0 Å². The second kappa shape index (κ2) is 8.75. The number of ether oxygens (including phenoxy) is 1. The van der Waals surface area contributed by atoms with Gasteiger partial charge in [-0.3, -0.25) is 19.9 Å². The number of carbonyl (C=O) groups is 1. The summed E-state index contributed by atoms with van der Waals surface area (Å²) >= 11 is 1.26. The van der Waals surface area contributed by atoms with E-state index in [4.69, 9.17) is 10.5 Å². The van der Waals surface area contributed by atoms with Gasteiger partial charge in [0.2, 0.25) is 0 Å². The first-order chi connectivity index (χ1) is 13.8. The van der Waals surface area contributed by atoms with Crippen molar-refractivity contribution < 1.29 is 9.53 Å². The summed E-state index contributed by atoms with van der Waals surface area (Å²) in [7, 11) is 0. The Labute approximate surface area is 173 Å². The predicted molar refractivity (Wildman–Crippen MR) is 117 cm³/mol. The SMILES string of the molecule is CC1CCOc2ccc(/C=c3\s/c(=C/C(=O)C(C)(C)NC/N=C\N)[nH]c3=O)cc21. The third kappa shape index (κ3) is 5.02. The van der Waals surface area contributed by atoms with Crippen LogP contribution in [0.25, 0.3) is 12.2 Å². The molecular weight excluding hydrogens is 388 g/mol. The number of nitrogens with one attached hydrogen (secondary N) is 2. The van der Waals surface area contributed by atoms with Crippen molar-refractivity contribution in [2.75, 3.05) is 13.3 Å². The standard InChI is InChI=1S/C21H26N4O3S/c1-13-6-7-28-16-5-4-14(8-15(13)16)9-17-20(27)25-19(29-17)10-18(26)21(2,3)24-12-23-11-22/h4-5,8-11,13,24H,6-7,12H2,1-3H3,(H2,22,23)(H,25,27)/b17-9-,19-10+. The van der Waals surface area contributed by atoms with E-state index in [0.717, 1.165) is 29.9 Å². The van der Waals surface area contributed by atoms with Crippen LogP contribution in [0.2, 0.25) is 0 Å². The fourth-order valence-electron chi connectivity index (χ4n) is 3.03. The van der Waals surface area contributed by atoms with Crippen LogP contribution in [0, 0.1) is 0 Å². The Morgan fingerprint density at radius 1 is 1.48 bits per heavy atom. The van der Waals surface area contributed by atoms with E-state index in [9.17, 15) is 9.59 Å². The number of hydrogen-bond donors (Lipinski definition) is 3. The molecule has 1 unspecified atom stereocenters. The molecule has 1 aliphatic heterocycles. The summed E-state index contributed by atoms with van der Waals surface area (Å²) in [5, 5.41) is 3.01. The van der Waals surface area contributed by atoms with E-state index in [1.807, 2.05) is 18.2 Å². The largest absolute Gasteiger partial charge is 0.493 e. The number of thiazole rings is 1. The number of carbonyl (C=O) groups excluding carboxylic acids is 1. The number of hydrogen-bond acceptors (Lipinski definition) is 6. The van der Waals surface area contributed by atoms with E-state index < -0.39 is 5.54 Å². The Bertz CT molecular complexity index is 1100. The maximum atomic E-state index is 12.6.